The summed E-state index contributed by atoms with van der Waals surface area (Å²) in [7, 11) is 0. The topological polar surface area (TPSA) is 96.2 Å². The average Bonchev–Trinajstić information content (AvgIpc) is 2.51. The Balaban J connectivity index is 2.17. The third-order valence-electron chi connectivity index (χ3n) is 4.56. The number of rotatable bonds is 9. The van der Waals surface area contributed by atoms with Crippen LogP contribution in [0.3, 0.4) is 0 Å². The normalized spacial score (nSPS) is 18.0. The van der Waals surface area contributed by atoms with Crippen LogP contribution in [-0.2, 0) is 4.79 Å². The second-order valence-corrected chi connectivity index (χ2v) is 7.75. The summed E-state index contributed by atoms with van der Waals surface area (Å²) < 4.78 is 0. The van der Waals surface area contributed by atoms with Crippen LogP contribution in [0, 0.1) is 5.92 Å². The molecule has 0 saturated heterocycles. The van der Waals surface area contributed by atoms with Gasteiger partial charge in [-0.3, -0.25) is 4.79 Å². The van der Waals surface area contributed by atoms with Crippen LogP contribution in [-0.4, -0.2) is 36.6 Å². The highest BCUT2D eigenvalue weighted by molar-refractivity contribution is 5.77. The van der Waals surface area contributed by atoms with Gasteiger partial charge in [-0.15, -0.1) is 0 Å². The summed E-state index contributed by atoms with van der Waals surface area (Å²) in [4.78, 5) is 23.9. The Labute approximate surface area is 146 Å². The highest BCUT2D eigenvalue weighted by atomic mass is 16.2. The molecule has 3 amide bonds. The Kier molecular flexibility index (Phi) is 9.11. The zero-order valence-electron chi connectivity index (χ0n) is 15.6. The summed E-state index contributed by atoms with van der Waals surface area (Å²) in [5.41, 5.74) is 5.46. The minimum absolute atomic E-state index is 0.00177. The summed E-state index contributed by atoms with van der Waals surface area (Å²) in [5.74, 6) is 0.474. The van der Waals surface area contributed by atoms with Gasteiger partial charge in [-0.1, -0.05) is 33.1 Å². The van der Waals surface area contributed by atoms with Crippen molar-refractivity contribution in [3.05, 3.63) is 0 Å². The molecule has 0 aromatic carbocycles. The first kappa shape index (κ1) is 20.7. The van der Waals surface area contributed by atoms with Crippen LogP contribution in [0.15, 0.2) is 0 Å². The summed E-state index contributed by atoms with van der Waals surface area (Å²) in [6, 6.07) is 0.192. The highest BCUT2D eigenvalue weighted by Gasteiger charge is 2.25. The van der Waals surface area contributed by atoms with Gasteiger partial charge in [0.05, 0.1) is 0 Å². The summed E-state index contributed by atoms with van der Waals surface area (Å²) in [6.45, 7) is 7.17. The summed E-state index contributed by atoms with van der Waals surface area (Å²) in [5, 5.41) is 8.88. The molecule has 1 saturated carbocycles. The van der Waals surface area contributed by atoms with Gasteiger partial charge in [-0.05, 0) is 38.5 Å². The molecule has 1 fully saturated rings. The molecule has 0 aliphatic heterocycles. The van der Waals surface area contributed by atoms with Gasteiger partial charge in [0.25, 0.3) is 0 Å². The predicted octanol–water partition coefficient (Wildman–Crippen LogP) is 2.28. The van der Waals surface area contributed by atoms with Gasteiger partial charge in [0, 0.05) is 31.1 Å². The molecular formula is C18H36N4O2. The van der Waals surface area contributed by atoms with E-state index in [-0.39, 0.29) is 17.5 Å². The van der Waals surface area contributed by atoms with Crippen LogP contribution in [0.5, 0.6) is 0 Å². The molecule has 0 spiro atoms. The first-order valence-electron chi connectivity index (χ1n) is 9.40. The maximum absolute atomic E-state index is 12.1. The van der Waals surface area contributed by atoms with Crippen LogP contribution >= 0.6 is 0 Å². The SMILES string of the molecule is CC(C)CC(C)(CN)NC(=O)CCCNC(=O)NC1CCCCC1. The van der Waals surface area contributed by atoms with Gasteiger partial charge in [0.15, 0.2) is 0 Å². The van der Waals surface area contributed by atoms with Crippen molar-refractivity contribution in [2.24, 2.45) is 11.7 Å². The first-order valence-corrected chi connectivity index (χ1v) is 9.40. The smallest absolute Gasteiger partial charge is 0.315 e. The van der Waals surface area contributed by atoms with Crippen molar-refractivity contribution in [1.29, 1.82) is 0 Å². The van der Waals surface area contributed by atoms with Crippen LogP contribution in [0.2, 0.25) is 0 Å². The summed E-state index contributed by atoms with van der Waals surface area (Å²) in [6.07, 6.45) is 7.70. The lowest BCUT2D eigenvalue weighted by Gasteiger charge is -2.31. The number of carbonyl (C=O) groups is 2. The molecule has 5 N–H and O–H groups in total. The fourth-order valence-corrected chi connectivity index (χ4v) is 3.42. The predicted molar refractivity (Wildman–Crippen MR) is 97.7 cm³/mol. The van der Waals surface area contributed by atoms with Gasteiger partial charge in [-0.2, -0.15) is 0 Å². The van der Waals surface area contributed by atoms with Crippen molar-refractivity contribution in [1.82, 2.24) is 16.0 Å². The van der Waals surface area contributed by atoms with Crippen molar-refractivity contribution in [3.63, 3.8) is 0 Å². The molecule has 0 radical (unpaired) electrons. The Morgan fingerprint density at radius 1 is 1.21 bits per heavy atom. The molecule has 0 bridgehead atoms. The van der Waals surface area contributed by atoms with Gasteiger partial charge in [-0.25, -0.2) is 4.79 Å². The van der Waals surface area contributed by atoms with E-state index in [4.69, 9.17) is 5.73 Å². The Bertz CT molecular complexity index is 394. The van der Waals surface area contributed by atoms with E-state index in [0.29, 0.717) is 37.9 Å². The zero-order valence-corrected chi connectivity index (χ0v) is 15.6. The minimum Gasteiger partial charge on any atom is -0.350 e. The van der Waals surface area contributed by atoms with E-state index >= 15 is 0 Å². The molecule has 1 atom stereocenters. The number of carbonyl (C=O) groups excluding carboxylic acids is 2. The van der Waals surface area contributed by atoms with Crippen molar-refractivity contribution >= 4 is 11.9 Å². The Morgan fingerprint density at radius 3 is 2.46 bits per heavy atom. The number of urea groups is 1. The van der Waals surface area contributed by atoms with Crippen molar-refractivity contribution < 1.29 is 9.59 Å². The fraction of sp³-hybridized carbons (Fsp3) is 0.889. The van der Waals surface area contributed by atoms with E-state index in [2.05, 4.69) is 29.8 Å². The van der Waals surface area contributed by atoms with Crippen LogP contribution < -0.4 is 21.7 Å². The molecule has 6 heteroatoms. The highest BCUT2D eigenvalue weighted by Crippen LogP contribution is 2.17. The van der Waals surface area contributed by atoms with E-state index in [1.165, 1.54) is 19.3 Å². The molecule has 1 unspecified atom stereocenters. The van der Waals surface area contributed by atoms with E-state index in [1.54, 1.807) is 0 Å². The third kappa shape index (κ3) is 8.52. The van der Waals surface area contributed by atoms with E-state index in [0.717, 1.165) is 19.3 Å². The molecule has 0 aromatic heterocycles. The number of nitrogens with two attached hydrogens (primary N) is 1. The van der Waals surface area contributed by atoms with Gasteiger partial charge < -0.3 is 21.7 Å². The second kappa shape index (κ2) is 10.5. The number of hydrogen-bond acceptors (Lipinski definition) is 3. The van der Waals surface area contributed by atoms with Gasteiger partial charge >= 0.3 is 6.03 Å². The molecular weight excluding hydrogens is 304 g/mol. The monoisotopic (exact) mass is 340 g/mol. The molecule has 1 rings (SSSR count). The molecule has 0 aromatic rings. The summed E-state index contributed by atoms with van der Waals surface area (Å²) >= 11 is 0. The molecule has 24 heavy (non-hydrogen) atoms. The third-order valence-corrected chi connectivity index (χ3v) is 4.56. The number of nitrogens with one attached hydrogen (secondary N) is 3. The zero-order chi connectivity index (χ0) is 18.0. The standard InChI is InChI=1S/C18H36N4O2/c1-14(2)12-18(3,13-19)22-16(23)10-7-11-20-17(24)21-15-8-5-4-6-9-15/h14-15H,4-13,19H2,1-3H3,(H,22,23)(H2,20,21,24). The van der Waals surface area contributed by atoms with Crippen molar-refractivity contribution in [2.75, 3.05) is 13.1 Å². The molecule has 0 heterocycles. The lowest BCUT2D eigenvalue weighted by molar-refractivity contribution is -0.123. The minimum atomic E-state index is -0.350. The maximum Gasteiger partial charge on any atom is 0.315 e. The number of amides is 3. The molecule has 6 nitrogen and oxygen atoms in total. The van der Waals surface area contributed by atoms with Gasteiger partial charge in [0.1, 0.15) is 0 Å². The van der Waals surface area contributed by atoms with Crippen LogP contribution in [0.25, 0.3) is 0 Å². The lowest BCUT2D eigenvalue weighted by atomic mass is 9.90. The number of hydrogen-bond donors (Lipinski definition) is 4. The maximum atomic E-state index is 12.1. The van der Waals surface area contributed by atoms with Crippen molar-refractivity contribution in [3.8, 4) is 0 Å². The van der Waals surface area contributed by atoms with E-state index < -0.39 is 0 Å². The Hall–Kier alpha value is -1.30. The lowest BCUT2D eigenvalue weighted by Crippen LogP contribution is -2.52. The van der Waals surface area contributed by atoms with Crippen LogP contribution in [0.4, 0.5) is 4.79 Å². The fourth-order valence-electron chi connectivity index (χ4n) is 3.42. The van der Waals surface area contributed by atoms with Crippen molar-refractivity contribution in [2.45, 2.75) is 83.7 Å². The van der Waals surface area contributed by atoms with Gasteiger partial charge in [0.2, 0.25) is 5.91 Å². The molecule has 1 aliphatic carbocycles. The Morgan fingerprint density at radius 2 is 1.88 bits per heavy atom. The quantitative estimate of drug-likeness (QED) is 0.485. The van der Waals surface area contributed by atoms with Crippen LogP contribution in [0.1, 0.15) is 72.1 Å². The van der Waals surface area contributed by atoms with E-state index in [1.807, 2.05) is 6.92 Å². The largest absolute Gasteiger partial charge is 0.350 e. The first-order chi connectivity index (χ1) is 11.3. The van der Waals surface area contributed by atoms with E-state index in [9.17, 15) is 9.59 Å². The second-order valence-electron chi connectivity index (χ2n) is 7.75. The molecule has 140 valence electrons. The average molecular weight is 341 g/mol. The molecule has 1 aliphatic rings.